The lowest BCUT2D eigenvalue weighted by Gasteiger charge is -2.22. The van der Waals surface area contributed by atoms with Gasteiger partial charge in [0.2, 0.25) is 0 Å². The summed E-state index contributed by atoms with van der Waals surface area (Å²) >= 11 is 11.8. The van der Waals surface area contributed by atoms with Crippen LogP contribution in [-0.4, -0.2) is 22.9 Å². The van der Waals surface area contributed by atoms with Crippen molar-refractivity contribution in [3.63, 3.8) is 0 Å². The molecular weight excluding hydrogens is 354 g/mol. The number of carbonyl (C=O) groups is 1. The first-order chi connectivity index (χ1) is 11.3. The van der Waals surface area contributed by atoms with Crippen molar-refractivity contribution in [1.29, 1.82) is 0 Å². The van der Waals surface area contributed by atoms with E-state index in [0.717, 1.165) is 11.1 Å². The second-order valence-corrected chi connectivity index (χ2v) is 6.48. The number of hydrogen-bond acceptors (Lipinski definition) is 3. The third-order valence-electron chi connectivity index (χ3n) is 4.15. The van der Waals surface area contributed by atoms with Gasteiger partial charge in [0.25, 0.3) is 5.91 Å². The molecule has 1 amide bonds. The van der Waals surface area contributed by atoms with Gasteiger partial charge in [-0.2, -0.15) is 0 Å². The molecule has 2 heterocycles. The van der Waals surface area contributed by atoms with Crippen LogP contribution in [-0.2, 0) is 6.54 Å². The number of rotatable bonds is 3. The molecule has 1 aromatic carbocycles. The first-order valence-corrected chi connectivity index (χ1v) is 8.09. The fourth-order valence-corrected chi connectivity index (χ4v) is 3.53. The van der Waals surface area contributed by atoms with Gasteiger partial charge in [0.05, 0.1) is 18.7 Å². The molecule has 24 heavy (non-hydrogen) atoms. The molecule has 7 heteroatoms. The van der Waals surface area contributed by atoms with Gasteiger partial charge in [-0.25, -0.2) is 9.37 Å². The minimum Gasteiger partial charge on any atom is -0.497 e. The predicted molar refractivity (Wildman–Crippen MR) is 90.2 cm³/mol. The highest BCUT2D eigenvalue weighted by Crippen LogP contribution is 2.40. The molecule has 126 valence electrons. The monoisotopic (exact) mass is 368 g/mol. The number of hydrogen-bond donors (Lipinski definition) is 0. The predicted octanol–water partition coefficient (Wildman–Crippen LogP) is 4.56. The third-order valence-corrected chi connectivity index (χ3v) is 4.67. The summed E-state index contributed by atoms with van der Waals surface area (Å²) in [6, 6.07) is 5.21. The SMILES string of the molecule is COc1cc(C)cc(CN2C(=O)c3c(Cl)nc(Cl)c(F)c3C2C)c1. The average molecular weight is 369 g/mol. The Kier molecular flexibility index (Phi) is 4.40. The number of methoxy groups -OCH3 is 1. The van der Waals surface area contributed by atoms with Crippen molar-refractivity contribution in [2.24, 2.45) is 0 Å². The zero-order chi connectivity index (χ0) is 17.6. The smallest absolute Gasteiger partial charge is 0.258 e. The third kappa shape index (κ3) is 2.72. The number of amides is 1. The number of benzene rings is 1. The van der Waals surface area contributed by atoms with E-state index >= 15 is 0 Å². The Balaban J connectivity index is 2.00. The highest BCUT2D eigenvalue weighted by Gasteiger charge is 2.39. The van der Waals surface area contributed by atoms with E-state index in [4.69, 9.17) is 27.9 Å². The Morgan fingerprint density at radius 2 is 2.00 bits per heavy atom. The summed E-state index contributed by atoms with van der Waals surface area (Å²) in [5.74, 6) is -0.344. The van der Waals surface area contributed by atoms with E-state index < -0.39 is 11.9 Å². The van der Waals surface area contributed by atoms with Crippen LogP contribution in [0, 0.1) is 12.7 Å². The standard InChI is InChI=1S/C17H15Cl2FN2O2/c1-8-4-10(6-11(5-8)24-3)7-22-9(2)12-13(17(22)23)15(18)21-16(19)14(12)20/h4-6,9H,7H2,1-3H3. The lowest BCUT2D eigenvalue weighted by atomic mass is 10.1. The first-order valence-electron chi connectivity index (χ1n) is 7.33. The number of halogens is 3. The molecule has 1 aromatic heterocycles. The van der Waals surface area contributed by atoms with Gasteiger partial charge >= 0.3 is 0 Å². The maximum Gasteiger partial charge on any atom is 0.258 e. The molecule has 2 aromatic rings. The number of fused-ring (bicyclic) bond motifs is 1. The summed E-state index contributed by atoms with van der Waals surface area (Å²) in [6.45, 7) is 3.99. The molecule has 4 nitrogen and oxygen atoms in total. The van der Waals surface area contributed by atoms with Gasteiger partial charge in [0, 0.05) is 12.1 Å². The fraction of sp³-hybridized carbons (Fsp3) is 0.294. The molecule has 0 radical (unpaired) electrons. The lowest BCUT2D eigenvalue weighted by molar-refractivity contribution is 0.0722. The Morgan fingerprint density at radius 3 is 2.67 bits per heavy atom. The molecule has 1 unspecified atom stereocenters. The molecule has 0 bridgehead atoms. The zero-order valence-electron chi connectivity index (χ0n) is 13.4. The molecule has 1 atom stereocenters. The number of carbonyl (C=O) groups excluding carboxylic acids is 1. The molecule has 0 fully saturated rings. The minimum absolute atomic E-state index is 0.0717. The summed E-state index contributed by atoms with van der Waals surface area (Å²) in [5, 5.41) is -0.393. The molecule has 0 spiro atoms. The molecule has 0 aliphatic carbocycles. The molecule has 0 N–H and O–H groups in total. The van der Waals surface area contributed by atoms with Crippen molar-refractivity contribution in [2.75, 3.05) is 7.11 Å². The van der Waals surface area contributed by atoms with Crippen LogP contribution in [0.3, 0.4) is 0 Å². The minimum atomic E-state index is -0.693. The van der Waals surface area contributed by atoms with E-state index in [0.29, 0.717) is 12.3 Å². The van der Waals surface area contributed by atoms with E-state index in [9.17, 15) is 9.18 Å². The summed E-state index contributed by atoms with van der Waals surface area (Å²) in [5.41, 5.74) is 2.18. The van der Waals surface area contributed by atoms with Crippen molar-refractivity contribution in [1.82, 2.24) is 9.88 Å². The van der Waals surface area contributed by atoms with Gasteiger partial charge in [-0.1, -0.05) is 29.3 Å². The number of aromatic nitrogens is 1. The van der Waals surface area contributed by atoms with Crippen LogP contribution >= 0.6 is 23.2 Å². The Hall–Kier alpha value is -1.85. The molecule has 1 aliphatic heterocycles. The van der Waals surface area contributed by atoms with E-state index in [1.807, 2.05) is 25.1 Å². The first kappa shape index (κ1) is 17.0. The van der Waals surface area contributed by atoms with Crippen molar-refractivity contribution in [3.05, 3.63) is 56.6 Å². The maximum absolute atomic E-state index is 14.3. The van der Waals surface area contributed by atoms with E-state index in [1.165, 1.54) is 0 Å². The molecule has 0 saturated carbocycles. The van der Waals surface area contributed by atoms with Crippen molar-refractivity contribution >= 4 is 29.1 Å². The van der Waals surface area contributed by atoms with Gasteiger partial charge in [-0.3, -0.25) is 4.79 Å². The van der Waals surface area contributed by atoms with Crippen molar-refractivity contribution in [3.8, 4) is 5.75 Å². The van der Waals surface area contributed by atoms with Crippen LogP contribution in [0.15, 0.2) is 18.2 Å². The van der Waals surface area contributed by atoms with Crippen LogP contribution in [0.5, 0.6) is 5.75 Å². The van der Waals surface area contributed by atoms with Gasteiger partial charge in [-0.15, -0.1) is 0 Å². The van der Waals surface area contributed by atoms with Gasteiger partial charge < -0.3 is 9.64 Å². The second kappa shape index (κ2) is 6.22. The molecule has 3 rings (SSSR count). The number of nitrogens with zero attached hydrogens (tertiary/aromatic N) is 2. The van der Waals surface area contributed by atoms with Crippen LogP contribution in [0.25, 0.3) is 0 Å². The van der Waals surface area contributed by atoms with Crippen molar-refractivity contribution < 1.29 is 13.9 Å². The second-order valence-electron chi connectivity index (χ2n) is 5.76. The lowest BCUT2D eigenvalue weighted by Crippen LogP contribution is -2.26. The van der Waals surface area contributed by atoms with Crippen LogP contribution in [0.4, 0.5) is 4.39 Å². The summed E-state index contributed by atoms with van der Waals surface area (Å²) in [6.07, 6.45) is 0. The average Bonchev–Trinajstić information content (AvgIpc) is 2.77. The number of pyridine rings is 1. The quantitative estimate of drug-likeness (QED) is 0.745. The highest BCUT2D eigenvalue weighted by molar-refractivity contribution is 6.35. The zero-order valence-corrected chi connectivity index (χ0v) is 14.9. The highest BCUT2D eigenvalue weighted by atomic mass is 35.5. The Morgan fingerprint density at radius 1 is 1.29 bits per heavy atom. The fourth-order valence-electron chi connectivity index (χ4n) is 3.03. The van der Waals surface area contributed by atoms with Crippen LogP contribution in [0.2, 0.25) is 10.3 Å². The van der Waals surface area contributed by atoms with Gasteiger partial charge in [0.15, 0.2) is 11.0 Å². The Labute approximate surface area is 149 Å². The number of ether oxygens (including phenoxy) is 1. The normalized spacial score (nSPS) is 16.5. The summed E-state index contributed by atoms with van der Waals surface area (Å²) in [7, 11) is 1.58. The molecule has 0 saturated heterocycles. The number of aryl methyl sites for hydroxylation is 1. The van der Waals surface area contributed by atoms with Gasteiger partial charge in [-0.05, 0) is 37.1 Å². The molecular formula is C17H15Cl2FN2O2. The van der Waals surface area contributed by atoms with E-state index in [-0.39, 0.29) is 27.3 Å². The summed E-state index contributed by atoms with van der Waals surface area (Å²) in [4.78, 5) is 17.9. The summed E-state index contributed by atoms with van der Waals surface area (Å²) < 4.78 is 19.6. The topological polar surface area (TPSA) is 42.4 Å². The van der Waals surface area contributed by atoms with E-state index in [1.54, 1.807) is 18.9 Å². The van der Waals surface area contributed by atoms with Crippen molar-refractivity contribution in [2.45, 2.75) is 26.4 Å². The molecule has 1 aliphatic rings. The largest absolute Gasteiger partial charge is 0.497 e. The van der Waals surface area contributed by atoms with Crippen LogP contribution in [0.1, 0.15) is 40.0 Å². The maximum atomic E-state index is 14.3. The Bertz CT molecular complexity index is 842. The van der Waals surface area contributed by atoms with E-state index in [2.05, 4.69) is 4.98 Å². The van der Waals surface area contributed by atoms with Gasteiger partial charge in [0.1, 0.15) is 10.9 Å². The van der Waals surface area contributed by atoms with Crippen LogP contribution < -0.4 is 4.74 Å².